The minimum absolute atomic E-state index is 0.431. The van der Waals surface area contributed by atoms with Crippen molar-refractivity contribution in [2.75, 3.05) is 7.05 Å². The van der Waals surface area contributed by atoms with E-state index in [0.29, 0.717) is 11.8 Å². The third-order valence-corrected chi connectivity index (χ3v) is 3.76. The largest absolute Gasteiger partial charge is 0.488 e. The molecule has 0 spiro atoms. The molecular formula is C15H20ClN3O. The van der Waals surface area contributed by atoms with Crippen LogP contribution in [0.4, 0.5) is 0 Å². The van der Waals surface area contributed by atoms with Crippen molar-refractivity contribution < 1.29 is 4.74 Å². The van der Waals surface area contributed by atoms with Gasteiger partial charge < -0.3 is 10.1 Å². The van der Waals surface area contributed by atoms with Gasteiger partial charge >= 0.3 is 0 Å². The fourth-order valence-electron chi connectivity index (χ4n) is 2.23. The Kier molecular flexibility index (Phi) is 4.68. The van der Waals surface area contributed by atoms with E-state index in [1.54, 1.807) is 4.68 Å². The molecule has 0 bridgehead atoms. The monoisotopic (exact) mass is 293 g/mol. The highest BCUT2D eigenvalue weighted by Gasteiger charge is 2.13. The first-order valence-corrected chi connectivity index (χ1v) is 6.96. The summed E-state index contributed by atoms with van der Waals surface area (Å²) in [5, 5.41) is 8.08. The Hall–Kier alpha value is -1.52. The van der Waals surface area contributed by atoms with Gasteiger partial charge in [-0.1, -0.05) is 29.8 Å². The quantitative estimate of drug-likeness (QED) is 0.921. The summed E-state index contributed by atoms with van der Waals surface area (Å²) >= 11 is 6.23. The van der Waals surface area contributed by atoms with E-state index in [4.69, 9.17) is 16.3 Å². The molecule has 2 rings (SSSR count). The van der Waals surface area contributed by atoms with E-state index in [-0.39, 0.29) is 0 Å². The van der Waals surface area contributed by atoms with Crippen molar-refractivity contribution in [3.05, 3.63) is 45.7 Å². The number of aryl methyl sites for hydroxylation is 3. The number of para-hydroxylation sites is 1. The van der Waals surface area contributed by atoms with Crippen molar-refractivity contribution in [2.24, 2.45) is 7.05 Å². The third-order valence-electron chi connectivity index (χ3n) is 3.29. The molecule has 0 unspecified atom stereocenters. The first-order chi connectivity index (χ1) is 9.54. The Morgan fingerprint density at radius 3 is 2.70 bits per heavy atom. The van der Waals surface area contributed by atoms with Gasteiger partial charge in [0.05, 0.1) is 5.69 Å². The van der Waals surface area contributed by atoms with Crippen LogP contribution in [0.5, 0.6) is 5.75 Å². The number of nitrogens with one attached hydrogen (secondary N) is 1. The van der Waals surface area contributed by atoms with Crippen LogP contribution < -0.4 is 10.1 Å². The molecule has 0 aliphatic heterocycles. The summed E-state index contributed by atoms with van der Waals surface area (Å²) in [6.45, 7) is 5.19. The standard InChI is InChI=1S/C15H20ClN3O/c1-10-6-5-7-12(8-17-3)14(10)20-9-13-11(2)18-19(4)15(13)16/h5-7,17H,8-9H2,1-4H3. The molecule has 0 aliphatic rings. The maximum absolute atomic E-state index is 6.23. The zero-order chi connectivity index (χ0) is 14.7. The maximum atomic E-state index is 6.23. The number of aromatic nitrogens is 2. The van der Waals surface area contributed by atoms with E-state index in [9.17, 15) is 0 Å². The van der Waals surface area contributed by atoms with Gasteiger partial charge in [0, 0.05) is 24.7 Å². The predicted octanol–water partition coefficient (Wildman–Crippen LogP) is 2.99. The molecule has 4 nitrogen and oxygen atoms in total. The smallest absolute Gasteiger partial charge is 0.133 e. The van der Waals surface area contributed by atoms with E-state index >= 15 is 0 Å². The molecule has 2 aromatic rings. The SMILES string of the molecule is CNCc1cccc(C)c1OCc1c(C)nn(C)c1Cl. The van der Waals surface area contributed by atoms with Crippen LogP contribution in [0.1, 0.15) is 22.4 Å². The van der Waals surface area contributed by atoms with Gasteiger partial charge in [0.25, 0.3) is 0 Å². The first-order valence-electron chi connectivity index (χ1n) is 6.58. The fourth-order valence-corrected chi connectivity index (χ4v) is 2.46. The molecule has 0 atom stereocenters. The topological polar surface area (TPSA) is 39.1 Å². The van der Waals surface area contributed by atoms with Crippen LogP contribution in [0, 0.1) is 13.8 Å². The van der Waals surface area contributed by atoms with Crippen molar-refractivity contribution >= 4 is 11.6 Å². The van der Waals surface area contributed by atoms with Gasteiger partial charge in [-0.3, -0.25) is 4.68 Å². The van der Waals surface area contributed by atoms with Crippen LogP contribution in [-0.4, -0.2) is 16.8 Å². The molecule has 0 saturated heterocycles. The molecule has 0 fully saturated rings. The van der Waals surface area contributed by atoms with Crippen molar-refractivity contribution in [1.82, 2.24) is 15.1 Å². The lowest BCUT2D eigenvalue weighted by molar-refractivity contribution is 0.299. The second-order valence-electron chi connectivity index (χ2n) is 4.86. The molecule has 0 radical (unpaired) electrons. The van der Waals surface area contributed by atoms with E-state index in [0.717, 1.165) is 34.7 Å². The molecular weight excluding hydrogens is 274 g/mol. The summed E-state index contributed by atoms with van der Waals surface area (Å²) in [5.41, 5.74) is 4.11. The fraction of sp³-hybridized carbons (Fsp3) is 0.400. The summed E-state index contributed by atoms with van der Waals surface area (Å²) in [4.78, 5) is 0. The molecule has 0 amide bonds. The van der Waals surface area contributed by atoms with Crippen LogP contribution in [0.3, 0.4) is 0 Å². The van der Waals surface area contributed by atoms with E-state index < -0.39 is 0 Å². The summed E-state index contributed by atoms with van der Waals surface area (Å²) in [7, 11) is 3.76. The van der Waals surface area contributed by atoms with Crippen LogP contribution in [-0.2, 0) is 20.2 Å². The predicted molar refractivity (Wildman–Crippen MR) is 81.2 cm³/mol. The van der Waals surface area contributed by atoms with Gasteiger partial charge in [-0.25, -0.2) is 0 Å². The van der Waals surface area contributed by atoms with Crippen LogP contribution in [0.25, 0.3) is 0 Å². The lowest BCUT2D eigenvalue weighted by Gasteiger charge is -2.14. The van der Waals surface area contributed by atoms with Crippen molar-refractivity contribution in [3.63, 3.8) is 0 Å². The number of nitrogens with zero attached hydrogens (tertiary/aromatic N) is 2. The molecule has 1 N–H and O–H groups in total. The van der Waals surface area contributed by atoms with E-state index in [1.807, 2.05) is 40.1 Å². The maximum Gasteiger partial charge on any atom is 0.133 e. The molecule has 0 aliphatic carbocycles. The summed E-state index contributed by atoms with van der Waals surface area (Å²) in [6, 6.07) is 6.15. The lowest BCUT2D eigenvalue weighted by atomic mass is 10.1. The molecule has 1 aromatic heterocycles. The minimum atomic E-state index is 0.431. The van der Waals surface area contributed by atoms with Gasteiger partial charge in [0.1, 0.15) is 17.5 Å². The Bertz CT molecular complexity index is 607. The normalized spacial score (nSPS) is 10.8. The summed E-state index contributed by atoms with van der Waals surface area (Å²) < 4.78 is 7.67. The first kappa shape index (κ1) is 14.9. The number of benzene rings is 1. The summed E-state index contributed by atoms with van der Waals surface area (Å²) in [6.07, 6.45) is 0. The van der Waals surface area contributed by atoms with Crippen molar-refractivity contribution in [2.45, 2.75) is 27.0 Å². The van der Waals surface area contributed by atoms with Gasteiger partial charge in [0.2, 0.25) is 0 Å². The molecule has 1 aromatic carbocycles. The molecule has 20 heavy (non-hydrogen) atoms. The highest BCUT2D eigenvalue weighted by atomic mass is 35.5. The average Bonchev–Trinajstić information content (AvgIpc) is 2.64. The zero-order valence-electron chi connectivity index (χ0n) is 12.3. The van der Waals surface area contributed by atoms with Crippen molar-refractivity contribution in [3.8, 4) is 5.75 Å². The van der Waals surface area contributed by atoms with E-state index in [2.05, 4.69) is 16.5 Å². The van der Waals surface area contributed by atoms with Gasteiger partial charge in [-0.15, -0.1) is 0 Å². The minimum Gasteiger partial charge on any atom is -0.488 e. The average molecular weight is 294 g/mol. The third kappa shape index (κ3) is 2.97. The number of halogens is 1. The van der Waals surface area contributed by atoms with Gasteiger partial charge in [-0.2, -0.15) is 5.10 Å². The van der Waals surface area contributed by atoms with Crippen molar-refractivity contribution in [1.29, 1.82) is 0 Å². The second kappa shape index (κ2) is 6.29. The molecule has 0 saturated carbocycles. The Balaban J connectivity index is 2.22. The number of ether oxygens (including phenoxy) is 1. The second-order valence-corrected chi connectivity index (χ2v) is 5.22. The Labute approximate surface area is 124 Å². The summed E-state index contributed by atoms with van der Waals surface area (Å²) in [5.74, 6) is 0.918. The van der Waals surface area contributed by atoms with E-state index in [1.165, 1.54) is 0 Å². The Morgan fingerprint density at radius 2 is 2.10 bits per heavy atom. The molecule has 1 heterocycles. The highest BCUT2D eigenvalue weighted by Crippen LogP contribution is 2.26. The van der Waals surface area contributed by atoms with Crippen LogP contribution in [0.2, 0.25) is 5.15 Å². The van der Waals surface area contributed by atoms with Gasteiger partial charge in [0.15, 0.2) is 0 Å². The molecule has 5 heteroatoms. The van der Waals surface area contributed by atoms with Crippen LogP contribution in [0.15, 0.2) is 18.2 Å². The Morgan fingerprint density at radius 1 is 1.35 bits per heavy atom. The molecule has 108 valence electrons. The zero-order valence-corrected chi connectivity index (χ0v) is 13.1. The number of hydrogen-bond acceptors (Lipinski definition) is 3. The number of hydrogen-bond donors (Lipinski definition) is 1. The lowest BCUT2D eigenvalue weighted by Crippen LogP contribution is -2.08. The van der Waals surface area contributed by atoms with Gasteiger partial charge in [-0.05, 0) is 26.5 Å². The highest BCUT2D eigenvalue weighted by molar-refractivity contribution is 6.30. The van der Waals surface area contributed by atoms with Crippen LogP contribution >= 0.6 is 11.6 Å². The number of rotatable bonds is 5.